The average Bonchev–Trinajstić information content (AvgIpc) is 2.54. The molecule has 4 nitrogen and oxygen atoms in total. The molecule has 2 N–H and O–H groups in total. The summed E-state index contributed by atoms with van der Waals surface area (Å²) in [4.78, 5) is 23.2. The van der Waals surface area contributed by atoms with Gasteiger partial charge in [-0.05, 0) is 35.4 Å². The van der Waals surface area contributed by atoms with Crippen LogP contribution in [0.3, 0.4) is 0 Å². The van der Waals surface area contributed by atoms with E-state index in [9.17, 15) is 19.8 Å². The van der Waals surface area contributed by atoms with Gasteiger partial charge in [0.1, 0.15) is 0 Å². The van der Waals surface area contributed by atoms with Crippen molar-refractivity contribution in [2.45, 2.75) is 12.8 Å². The van der Waals surface area contributed by atoms with Crippen LogP contribution in [0.15, 0.2) is 59.7 Å². The first kappa shape index (κ1) is 18.0. The number of aliphatic carboxylic acids is 2. The summed E-state index contributed by atoms with van der Waals surface area (Å²) in [5, 5.41) is 20.0. The van der Waals surface area contributed by atoms with E-state index in [4.69, 9.17) is 23.2 Å². The van der Waals surface area contributed by atoms with Gasteiger partial charge in [0.2, 0.25) is 0 Å². The Labute approximate surface area is 149 Å². The van der Waals surface area contributed by atoms with E-state index < -0.39 is 11.9 Å². The van der Waals surface area contributed by atoms with Gasteiger partial charge >= 0.3 is 11.9 Å². The molecule has 0 amide bonds. The average molecular weight is 365 g/mol. The van der Waals surface area contributed by atoms with Crippen LogP contribution in [0.2, 0.25) is 10.0 Å². The molecule has 6 heteroatoms. The van der Waals surface area contributed by atoms with E-state index in [2.05, 4.69) is 0 Å². The molecule has 2 aromatic carbocycles. The maximum Gasteiger partial charge on any atom is 0.332 e. The first-order valence-electron chi connectivity index (χ1n) is 7.04. The summed E-state index contributed by atoms with van der Waals surface area (Å²) in [7, 11) is 0. The lowest BCUT2D eigenvalue weighted by Gasteiger charge is -2.10. The normalized spacial score (nSPS) is 11.8. The fourth-order valence-corrected chi connectivity index (χ4v) is 2.49. The topological polar surface area (TPSA) is 74.6 Å². The SMILES string of the molecule is O=C(O)/C(Cc1ccc(Cl)cc1)=C(/Cc1ccc(Cl)cc1)C(=O)O. The number of carboxylic acid groups (broad SMARTS) is 2. The van der Waals surface area contributed by atoms with E-state index in [0.29, 0.717) is 21.2 Å². The number of carboxylic acids is 2. The predicted octanol–water partition coefficient (Wildman–Crippen LogP) is 4.24. The van der Waals surface area contributed by atoms with Crippen molar-refractivity contribution in [3.8, 4) is 0 Å². The zero-order valence-corrected chi connectivity index (χ0v) is 14.0. The molecular formula is C18H14Cl2O4. The van der Waals surface area contributed by atoms with E-state index in [1.165, 1.54) is 0 Å². The highest BCUT2D eigenvalue weighted by atomic mass is 35.5. The standard InChI is InChI=1S/C18H14Cl2O4/c19-13-5-1-11(2-6-13)9-15(17(21)22)16(18(23)24)10-12-3-7-14(20)8-4-12/h1-8H,9-10H2,(H,21,22)(H,23,24)/b16-15-. The molecule has 0 saturated carbocycles. The van der Waals surface area contributed by atoms with Gasteiger partial charge in [0.15, 0.2) is 0 Å². The van der Waals surface area contributed by atoms with Crippen LogP contribution in [-0.2, 0) is 22.4 Å². The molecule has 0 unspecified atom stereocenters. The Kier molecular flexibility index (Phi) is 6.01. The Morgan fingerprint density at radius 3 is 1.21 bits per heavy atom. The number of rotatable bonds is 6. The second-order valence-electron chi connectivity index (χ2n) is 5.17. The van der Waals surface area contributed by atoms with Crippen molar-refractivity contribution < 1.29 is 19.8 Å². The Bertz CT molecular complexity index is 710. The first-order chi connectivity index (χ1) is 11.4. The van der Waals surface area contributed by atoms with Crippen LogP contribution >= 0.6 is 23.2 Å². The van der Waals surface area contributed by atoms with Crippen molar-refractivity contribution >= 4 is 35.1 Å². The highest BCUT2D eigenvalue weighted by Gasteiger charge is 2.21. The van der Waals surface area contributed by atoms with Crippen molar-refractivity contribution in [1.29, 1.82) is 0 Å². The number of hydrogen-bond donors (Lipinski definition) is 2. The Morgan fingerprint density at radius 2 is 0.958 bits per heavy atom. The minimum absolute atomic E-state index is 0.00171. The predicted molar refractivity (Wildman–Crippen MR) is 92.6 cm³/mol. The van der Waals surface area contributed by atoms with Crippen LogP contribution in [0.5, 0.6) is 0 Å². The molecule has 0 bridgehead atoms. The first-order valence-corrected chi connectivity index (χ1v) is 7.80. The lowest BCUT2D eigenvalue weighted by Crippen LogP contribution is -2.15. The van der Waals surface area contributed by atoms with Crippen LogP contribution < -0.4 is 0 Å². The monoisotopic (exact) mass is 364 g/mol. The zero-order valence-electron chi connectivity index (χ0n) is 12.5. The Hall–Kier alpha value is -2.30. The summed E-state index contributed by atoms with van der Waals surface area (Å²) in [5.41, 5.74) is 1.04. The Balaban J connectivity index is 2.39. The molecule has 0 saturated heterocycles. The molecule has 0 fully saturated rings. The van der Waals surface area contributed by atoms with Gasteiger partial charge in [-0.25, -0.2) is 9.59 Å². The minimum Gasteiger partial charge on any atom is -0.478 e. The lowest BCUT2D eigenvalue weighted by molar-refractivity contribution is -0.136. The van der Waals surface area contributed by atoms with Gasteiger partial charge in [0.25, 0.3) is 0 Å². The van der Waals surface area contributed by atoms with Crippen LogP contribution in [0.1, 0.15) is 11.1 Å². The molecule has 0 spiro atoms. The fourth-order valence-electron chi connectivity index (χ4n) is 2.24. The third-order valence-electron chi connectivity index (χ3n) is 3.47. The Morgan fingerprint density at radius 1 is 0.667 bits per heavy atom. The van der Waals surface area contributed by atoms with Gasteiger partial charge in [-0.3, -0.25) is 0 Å². The molecule has 0 atom stereocenters. The quantitative estimate of drug-likeness (QED) is 0.751. The summed E-state index contributed by atoms with van der Waals surface area (Å²) >= 11 is 11.6. The van der Waals surface area contributed by atoms with Gasteiger partial charge < -0.3 is 10.2 Å². The third kappa shape index (κ3) is 4.85. The van der Waals surface area contributed by atoms with Gasteiger partial charge in [0.05, 0.1) is 11.1 Å². The van der Waals surface area contributed by atoms with Gasteiger partial charge in [-0.2, -0.15) is 0 Å². The molecule has 0 aliphatic carbocycles. The van der Waals surface area contributed by atoms with E-state index >= 15 is 0 Å². The van der Waals surface area contributed by atoms with Crippen LogP contribution in [-0.4, -0.2) is 22.2 Å². The molecule has 124 valence electrons. The lowest BCUT2D eigenvalue weighted by atomic mass is 9.95. The van der Waals surface area contributed by atoms with Crippen molar-refractivity contribution in [2.24, 2.45) is 0 Å². The number of halogens is 2. The molecule has 0 aliphatic heterocycles. The summed E-state index contributed by atoms with van der Waals surface area (Å²) in [6, 6.07) is 13.2. The van der Waals surface area contributed by atoms with Crippen molar-refractivity contribution in [1.82, 2.24) is 0 Å². The number of benzene rings is 2. The van der Waals surface area contributed by atoms with Crippen LogP contribution in [0.25, 0.3) is 0 Å². The van der Waals surface area contributed by atoms with Crippen LogP contribution in [0.4, 0.5) is 0 Å². The minimum atomic E-state index is -1.25. The summed E-state index contributed by atoms with van der Waals surface area (Å²) < 4.78 is 0. The largest absolute Gasteiger partial charge is 0.478 e. The fraction of sp³-hybridized carbons (Fsp3) is 0.111. The summed E-state index contributed by atoms with van der Waals surface area (Å²) in [5.74, 6) is -2.51. The van der Waals surface area contributed by atoms with E-state index in [-0.39, 0.29) is 24.0 Å². The van der Waals surface area contributed by atoms with E-state index in [0.717, 1.165) is 0 Å². The molecule has 2 rings (SSSR count). The highest BCUT2D eigenvalue weighted by Crippen LogP contribution is 2.20. The maximum atomic E-state index is 11.6. The summed E-state index contributed by atoms with van der Waals surface area (Å²) in [6.07, 6.45) is 0.00342. The highest BCUT2D eigenvalue weighted by molar-refractivity contribution is 6.30. The molecule has 0 aromatic heterocycles. The second-order valence-corrected chi connectivity index (χ2v) is 6.05. The summed E-state index contributed by atoms with van der Waals surface area (Å²) in [6.45, 7) is 0. The second kappa shape index (κ2) is 7.99. The van der Waals surface area contributed by atoms with E-state index in [1.54, 1.807) is 48.5 Å². The molecule has 0 aliphatic rings. The van der Waals surface area contributed by atoms with Crippen molar-refractivity contribution in [2.75, 3.05) is 0 Å². The van der Waals surface area contributed by atoms with Crippen LogP contribution in [0, 0.1) is 0 Å². The zero-order chi connectivity index (χ0) is 17.7. The van der Waals surface area contributed by atoms with Gasteiger partial charge in [-0.1, -0.05) is 47.5 Å². The maximum absolute atomic E-state index is 11.6. The molecule has 0 radical (unpaired) electrons. The molecule has 2 aromatic rings. The smallest absolute Gasteiger partial charge is 0.332 e. The van der Waals surface area contributed by atoms with Crippen molar-refractivity contribution in [3.63, 3.8) is 0 Å². The van der Waals surface area contributed by atoms with Gasteiger partial charge in [-0.15, -0.1) is 0 Å². The number of hydrogen-bond acceptors (Lipinski definition) is 2. The third-order valence-corrected chi connectivity index (χ3v) is 3.97. The molecular weight excluding hydrogens is 351 g/mol. The number of carbonyl (C=O) groups is 2. The van der Waals surface area contributed by atoms with Crippen molar-refractivity contribution in [3.05, 3.63) is 80.8 Å². The van der Waals surface area contributed by atoms with Gasteiger partial charge in [0, 0.05) is 22.9 Å². The molecule has 24 heavy (non-hydrogen) atoms. The molecule has 0 heterocycles. The van der Waals surface area contributed by atoms with E-state index in [1.807, 2.05) is 0 Å².